The Morgan fingerprint density at radius 3 is 2.65 bits per heavy atom. The maximum atomic E-state index is 12.6. The second-order valence-electron chi connectivity index (χ2n) is 6.35. The summed E-state index contributed by atoms with van der Waals surface area (Å²) in [7, 11) is 1.96. The SMILES string of the molecule is CNC[C@H]1CCN(C(=O)c2ccc(-n3nc(C)cc3C)cc2)C1. The van der Waals surface area contributed by atoms with Gasteiger partial charge in [-0.15, -0.1) is 0 Å². The largest absolute Gasteiger partial charge is 0.338 e. The van der Waals surface area contributed by atoms with Crippen molar-refractivity contribution in [2.75, 3.05) is 26.7 Å². The molecule has 0 aliphatic carbocycles. The van der Waals surface area contributed by atoms with E-state index in [2.05, 4.69) is 10.4 Å². The third-order valence-electron chi connectivity index (χ3n) is 4.43. The lowest BCUT2D eigenvalue weighted by molar-refractivity contribution is 0.0787. The number of carbonyl (C=O) groups is 1. The van der Waals surface area contributed by atoms with Gasteiger partial charge < -0.3 is 10.2 Å². The fourth-order valence-corrected chi connectivity index (χ4v) is 3.29. The average Bonchev–Trinajstić information content (AvgIpc) is 3.14. The van der Waals surface area contributed by atoms with E-state index in [1.807, 2.05) is 60.8 Å². The van der Waals surface area contributed by atoms with Crippen molar-refractivity contribution in [2.45, 2.75) is 20.3 Å². The van der Waals surface area contributed by atoms with Crippen molar-refractivity contribution in [1.29, 1.82) is 0 Å². The van der Waals surface area contributed by atoms with Gasteiger partial charge in [-0.05, 0) is 70.1 Å². The van der Waals surface area contributed by atoms with E-state index in [1.165, 1.54) is 0 Å². The Labute approximate surface area is 137 Å². The first-order valence-electron chi connectivity index (χ1n) is 8.16. The highest BCUT2D eigenvalue weighted by Crippen LogP contribution is 2.19. The van der Waals surface area contributed by atoms with Gasteiger partial charge in [0.1, 0.15) is 0 Å². The van der Waals surface area contributed by atoms with Crippen molar-refractivity contribution in [2.24, 2.45) is 5.92 Å². The monoisotopic (exact) mass is 312 g/mol. The highest BCUT2D eigenvalue weighted by Gasteiger charge is 2.26. The summed E-state index contributed by atoms with van der Waals surface area (Å²) in [6, 6.07) is 9.78. The van der Waals surface area contributed by atoms with Gasteiger partial charge in [0.25, 0.3) is 5.91 Å². The number of benzene rings is 1. The van der Waals surface area contributed by atoms with Crippen LogP contribution in [0.25, 0.3) is 5.69 Å². The van der Waals surface area contributed by atoms with Crippen LogP contribution in [0.3, 0.4) is 0 Å². The fraction of sp³-hybridized carbons (Fsp3) is 0.444. The minimum atomic E-state index is 0.128. The van der Waals surface area contributed by atoms with Gasteiger partial charge in [0, 0.05) is 24.3 Å². The van der Waals surface area contributed by atoms with Crippen molar-refractivity contribution in [3.05, 3.63) is 47.3 Å². The molecule has 1 amide bonds. The van der Waals surface area contributed by atoms with Gasteiger partial charge in [-0.2, -0.15) is 5.10 Å². The molecule has 2 aromatic rings. The van der Waals surface area contributed by atoms with Crippen LogP contribution < -0.4 is 5.32 Å². The Kier molecular flexibility index (Phi) is 4.48. The minimum Gasteiger partial charge on any atom is -0.338 e. The summed E-state index contributed by atoms with van der Waals surface area (Å²) >= 11 is 0. The summed E-state index contributed by atoms with van der Waals surface area (Å²) in [4.78, 5) is 14.6. The molecule has 5 nitrogen and oxygen atoms in total. The van der Waals surface area contributed by atoms with Crippen LogP contribution in [0.5, 0.6) is 0 Å². The van der Waals surface area contributed by atoms with Gasteiger partial charge in [-0.25, -0.2) is 4.68 Å². The van der Waals surface area contributed by atoms with E-state index >= 15 is 0 Å². The molecule has 0 spiro atoms. The molecule has 0 bridgehead atoms. The van der Waals surface area contributed by atoms with Crippen LogP contribution in [0.15, 0.2) is 30.3 Å². The van der Waals surface area contributed by atoms with Crippen LogP contribution >= 0.6 is 0 Å². The molecule has 23 heavy (non-hydrogen) atoms. The molecule has 1 saturated heterocycles. The number of rotatable bonds is 4. The maximum Gasteiger partial charge on any atom is 0.253 e. The predicted molar refractivity (Wildman–Crippen MR) is 91.0 cm³/mol. The Balaban J connectivity index is 1.72. The molecule has 3 rings (SSSR count). The van der Waals surface area contributed by atoms with E-state index in [0.29, 0.717) is 5.92 Å². The zero-order valence-electron chi connectivity index (χ0n) is 14.0. The first-order valence-corrected chi connectivity index (χ1v) is 8.16. The first-order chi connectivity index (χ1) is 11.1. The molecule has 0 unspecified atom stereocenters. The molecule has 5 heteroatoms. The summed E-state index contributed by atoms with van der Waals surface area (Å²) in [5.41, 5.74) is 3.83. The molecule has 1 aliphatic heterocycles. The highest BCUT2D eigenvalue weighted by molar-refractivity contribution is 5.94. The van der Waals surface area contributed by atoms with Crippen LogP contribution in [-0.4, -0.2) is 47.3 Å². The minimum absolute atomic E-state index is 0.128. The smallest absolute Gasteiger partial charge is 0.253 e. The number of aromatic nitrogens is 2. The van der Waals surface area contributed by atoms with Gasteiger partial charge in [-0.3, -0.25) is 4.79 Å². The molecular weight excluding hydrogens is 288 g/mol. The highest BCUT2D eigenvalue weighted by atomic mass is 16.2. The summed E-state index contributed by atoms with van der Waals surface area (Å²) in [6.07, 6.45) is 1.08. The van der Waals surface area contributed by atoms with Gasteiger partial charge in [0.15, 0.2) is 0 Å². The van der Waals surface area contributed by atoms with Crippen LogP contribution in [0, 0.1) is 19.8 Å². The molecular formula is C18H24N4O. The first kappa shape index (κ1) is 15.7. The molecule has 0 radical (unpaired) electrons. The van der Waals surface area contributed by atoms with Crippen molar-refractivity contribution in [1.82, 2.24) is 20.0 Å². The molecule has 1 aromatic heterocycles. The molecule has 122 valence electrons. The summed E-state index contributed by atoms with van der Waals surface area (Å²) < 4.78 is 1.91. The molecule has 1 atom stereocenters. The lowest BCUT2D eigenvalue weighted by Gasteiger charge is -2.17. The lowest BCUT2D eigenvalue weighted by atomic mass is 10.1. The summed E-state index contributed by atoms with van der Waals surface area (Å²) in [6.45, 7) is 6.69. The Morgan fingerprint density at radius 1 is 1.30 bits per heavy atom. The lowest BCUT2D eigenvalue weighted by Crippen LogP contribution is -2.30. The predicted octanol–water partition coefficient (Wildman–Crippen LogP) is 2.17. The standard InChI is InChI=1S/C18H24N4O/c1-13-10-14(2)22(20-13)17-6-4-16(5-7-17)18(23)21-9-8-15(12-21)11-19-3/h4-7,10,15,19H,8-9,11-12H2,1-3H3/t15-/m1/s1. The second-order valence-corrected chi connectivity index (χ2v) is 6.35. The number of aryl methyl sites for hydroxylation is 2. The summed E-state index contributed by atoms with van der Waals surface area (Å²) in [5.74, 6) is 0.696. The average molecular weight is 312 g/mol. The molecule has 0 saturated carbocycles. The number of hydrogen-bond donors (Lipinski definition) is 1. The van der Waals surface area contributed by atoms with E-state index in [0.717, 1.165) is 48.7 Å². The van der Waals surface area contributed by atoms with Crippen LogP contribution in [0.4, 0.5) is 0 Å². The van der Waals surface area contributed by atoms with Crippen molar-refractivity contribution < 1.29 is 4.79 Å². The number of amides is 1. The number of likely N-dealkylation sites (tertiary alicyclic amines) is 1. The van der Waals surface area contributed by atoms with E-state index in [-0.39, 0.29) is 5.91 Å². The van der Waals surface area contributed by atoms with Gasteiger partial charge in [0.05, 0.1) is 11.4 Å². The number of hydrogen-bond acceptors (Lipinski definition) is 3. The fourth-order valence-electron chi connectivity index (χ4n) is 3.29. The molecule has 2 heterocycles. The Hall–Kier alpha value is -2.14. The zero-order valence-corrected chi connectivity index (χ0v) is 14.0. The summed E-state index contributed by atoms with van der Waals surface area (Å²) in [5, 5.41) is 7.67. The quantitative estimate of drug-likeness (QED) is 0.941. The van der Waals surface area contributed by atoms with E-state index in [1.54, 1.807) is 0 Å². The second kappa shape index (κ2) is 6.54. The normalized spacial score (nSPS) is 17.7. The van der Waals surface area contributed by atoms with Gasteiger partial charge in [-0.1, -0.05) is 0 Å². The van der Waals surface area contributed by atoms with E-state index < -0.39 is 0 Å². The van der Waals surface area contributed by atoms with E-state index in [4.69, 9.17) is 0 Å². The molecule has 1 fully saturated rings. The van der Waals surface area contributed by atoms with Gasteiger partial charge in [0.2, 0.25) is 0 Å². The Morgan fingerprint density at radius 2 is 2.04 bits per heavy atom. The third kappa shape index (κ3) is 3.29. The Bertz CT molecular complexity index is 690. The molecule has 1 aromatic carbocycles. The van der Waals surface area contributed by atoms with Crippen LogP contribution in [-0.2, 0) is 0 Å². The topological polar surface area (TPSA) is 50.2 Å². The molecule has 1 N–H and O–H groups in total. The van der Waals surface area contributed by atoms with Crippen LogP contribution in [0.1, 0.15) is 28.2 Å². The number of carbonyl (C=O) groups excluding carboxylic acids is 1. The van der Waals surface area contributed by atoms with Crippen molar-refractivity contribution in [3.63, 3.8) is 0 Å². The number of nitrogens with zero attached hydrogens (tertiary/aromatic N) is 3. The molecule has 1 aliphatic rings. The zero-order chi connectivity index (χ0) is 16.4. The van der Waals surface area contributed by atoms with Crippen LogP contribution in [0.2, 0.25) is 0 Å². The van der Waals surface area contributed by atoms with E-state index in [9.17, 15) is 4.79 Å². The maximum absolute atomic E-state index is 12.6. The van der Waals surface area contributed by atoms with Crippen molar-refractivity contribution >= 4 is 5.91 Å². The van der Waals surface area contributed by atoms with Crippen molar-refractivity contribution in [3.8, 4) is 5.69 Å². The van der Waals surface area contributed by atoms with Gasteiger partial charge >= 0.3 is 0 Å². The third-order valence-corrected chi connectivity index (χ3v) is 4.43. The number of nitrogens with one attached hydrogen (secondary N) is 1.